The van der Waals surface area contributed by atoms with Crippen LogP contribution in [0, 0.1) is 13.8 Å². The molecule has 0 unspecified atom stereocenters. The number of benzene rings is 3. The molecule has 0 atom stereocenters. The highest BCUT2D eigenvalue weighted by molar-refractivity contribution is 5.98. The Morgan fingerprint density at radius 1 is 0.600 bits per heavy atom. The SMILES string of the molecule is CC.Cc1ccccc1-c1c(C)ccc2ccccc12. The smallest absolute Gasteiger partial charge is 0.00735 e. The average molecular weight is 262 g/mol. The molecule has 0 nitrogen and oxygen atoms in total. The Kier molecular flexibility index (Phi) is 4.57. The Morgan fingerprint density at radius 3 is 2.00 bits per heavy atom. The van der Waals surface area contributed by atoms with Crippen LogP contribution in [0.1, 0.15) is 25.0 Å². The molecule has 0 heteroatoms. The molecule has 3 aromatic rings. The van der Waals surface area contributed by atoms with Crippen LogP contribution in [0.5, 0.6) is 0 Å². The topological polar surface area (TPSA) is 0 Å². The lowest BCUT2D eigenvalue weighted by atomic mass is 9.91. The highest BCUT2D eigenvalue weighted by Gasteiger charge is 2.08. The molecule has 3 aromatic carbocycles. The van der Waals surface area contributed by atoms with Crippen LogP contribution in [0.4, 0.5) is 0 Å². The van der Waals surface area contributed by atoms with Crippen molar-refractivity contribution in [1.82, 2.24) is 0 Å². The van der Waals surface area contributed by atoms with Crippen LogP contribution in [-0.4, -0.2) is 0 Å². The van der Waals surface area contributed by atoms with Crippen molar-refractivity contribution in [3.63, 3.8) is 0 Å². The molecule has 0 bridgehead atoms. The van der Waals surface area contributed by atoms with E-state index in [1.54, 1.807) is 0 Å². The molecule has 0 fully saturated rings. The quantitative estimate of drug-likeness (QED) is 0.493. The van der Waals surface area contributed by atoms with E-state index >= 15 is 0 Å². The van der Waals surface area contributed by atoms with Crippen LogP contribution in [0.3, 0.4) is 0 Å². The van der Waals surface area contributed by atoms with Crippen LogP contribution < -0.4 is 0 Å². The molecule has 0 spiro atoms. The first-order valence-electron chi connectivity index (χ1n) is 7.32. The normalized spacial score (nSPS) is 10.0. The summed E-state index contributed by atoms with van der Waals surface area (Å²) in [6.07, 6.45) is 0. The third-order valence-corrected chi connectivity index (χ3v) is 3.55. The molecule has 20 heavy (non-hydrogen) atoms. The Hall–Kier alpha value is -2.08. The summed E-state index contributed by atoms with van der Waals surface area (Å²) < 4.78 is 0. The van der Waals surface area contributed by atoms with Crippen molar-refractivity contribution in [2.75, 3.05) is 0 Å². The number of rotatable bonds is 1. The van der Waals surface area contributed by atoms with Gasteiger partial charge in [0.15, 0.2) is 0 Å². The van der Waals surface area contributed by atoms with E-state index in [9.17, 15) is 0 Å². The summed E-state index contributed by atoms with van der Waals surface area (Å²) in [5, 5.41) is 2.65. The van der Waals surface area contributed by atoms with Crippen LogP contribution >= 0.6 is 0 Å². The van der Waals surface area contributed by atoms with Crippen LogP contribution in [0.15, 0.2) is 60.7 Å². The molecular formula is C20H22. The zero-order valence-corrected chi connectivity index (χ0v) is 12.8. The molecule has 0 aromatic heterocycles. The van der Waals surface area contributed by atoms with Crippen molar-refractivity contribution in [1.29, 1.82) is 0 Å². The van der Waals surface area contributed by atoms with Gasteiger partial charge in [-0.1, -0.05) is 74.5 Å². The second-order valence-electron chi connectivity index (χ2n) is 4.79. The number of fused-ring (bicyclic) bond motifs is 1. The van der Waals surface area contributed by atoms with Crippen LogP contribution in [-0.2, 0) is 0 Å². The fourth-order valence-electron chi connectivity index (χ4n) is 2.59. The van der Waals surface area contributed by atoms with Gasteiger partial charge in [-0.2, -0.15) is 0 Å². The molecule has 0 aliphatic heterocycles. The fourth-order valence-corrected chi connectivity index (χ4v) is 2.59. The molecule has 0 aliphatic rings. The lowest BCUT2D eigenvalue weighted by Crippen LogP contribution is -1.88. The van der Waals surface area contributed by atoms with E-state index < -0.39 is 0 Å². The standard InChI is InChI=1S/C18H16.C2H6/c1-13-7-3-5-9-16(13)18-14(2)11-12-15-8-4-6-10-17(15)18;1-2/h3-12H,1-2H3;1-2H3. The minimum absolute atomic E-state index is 1.31. The van der Waals surface area contributed by atoms with E-state index in [1.165, 1.54) is 33.0 Å². The monoisotopic (exact) mass is 262 g/mol. The van der Waals surface area contributed by atoms with E-state index in [1.807, 2.05) is 13.8 Å². The molecule has 102 valence electrons. The Morgan fingerprint density at radius 2 is 1.25 bits per heavy atom. The van der Waals surface area contributed by atoms with Crippen molar-refractivity contribution in [3.05, 3.63) is 71.8 Å². The van der Waals surface area contributed by atoms with Gasteiger partial charge in [-0.15, -0.1) is 0 Å². The van der Waals surface area contributed by atoms with Gasteiger partial charge in [0.2, 0.25) is 0 Å². The van der Waals surface area contributed by atoms with Gasteiger partial charge in [-0.25, -0.2) is 0 Å². The molecule has 0 saturated heterocycles. The zero-order valence-electron chi connectivity index (χ0n) is 12.8. The maximum absolute atomic E-state index is 2.21. The Labute approximate surface area is 122 Å². The van der Waals surface area contributed by atoms with Crippen molar-refractivity contribution in [2.24, 2.45) is 0 Å². The first-order chi connectivity index (χ1) is 9.77. The average Bonchev–Trinajstić information content (AvgIpc) is 2.50. The third-order valence-electron chi connectivity index (χ3n) is 3.55. The summed E-state index contributed by atoms with van der Waals surface area (Å²) >= 11 is 0. The van der Waals surface area contributed by atoms with E-state index in [0.29, 0.717) is 0 Å². The zero-order chi connectivity index (χ0) is 14.5. The Balaban J connectivity index is 0.000000704. The van der Waals surface area contributed by atoms with Crippen LogP contribution in [0.25, 0.3) is 21.9 Å². The minimum Gasteiger partial charge on any atom is -0.0683 e. The number of hydrogen-bond donors (Lipinski definition) is 0. The molecule has 0 saturated carbocycles. The van der Waals surface area contributed by atoms with E-state index in [0.717, 1.165) is 0 Å². The van der Waals surface area contributed by atoms with Gasteiger partial charge < -0.3 is 0 Å². The van der Waals surface area contributed by atoms with E-state index in [-0.39, 0.29) is 0 Å². The van der Waals surface area contributed by atoms with Gasteiger partial charge >= 0.3 is 0 Å². The van der Waals surface area contributed by atoms with Crippen molar-refractivity contribution >= 4 is 10.8 Å². The summed E-state index contributed by atoms with van der Waals surface area (Å²) in [4.78, 5) is 0. The van der Waals surface area contributed by atoms with Gasteiger partial charge in [0.05, 0.1) is 0 Å². The summed E-state index contributed by atoms with van der Waals surface area (Å²) in [7, 11) is 0. The maximum atomic E-state index is 2.21. The Bertz CT molecular complexity index is 708. The summed E-state index contributed by atoms with van der Waals surface area (Å²) in [6.45, 7) is 8.37. The van der Waals surface area contributed by atoms with Crippen molar-refractivity contribution in [2.45, 2.75) is 27.7 Å². The van der Waals surface area contributed by atoms with E-state index in [2.05, 4.69) is 74.5 Å². The molecule has 0 N–H and O–H groups in total. The summed E-state index contributed by atoms with van der Waals surface area (Å²) in [5.74, 6) is 0. The van der Waals surface area contributed by atoms with Gasteiger partial charge in [-0.05, 0) is 46.9 Å². The first kappa shape index (κ1) is 14.3. The summed E-state index contributed by atoms with van der Waals surface area (Å²) in [5.41, 5.74) is 5.37. The van der Waals surface area contributed by atoms with Gasteiger partial charge in [0.25, 0.3) is 0 Å². The second-order valence-corrected chi connectivity index (χ2v) is 4.79. The van der Waals surface area contributed by atoms with E-state index in [4.69, 9.17) is 0 Å². The minimum atomic E-state index is 1.31. The highest BCUT2D eigenvalue weighted by Crippen LogP contribution is 2.33. The molecule has 0 aliphatic carbocycles. The molecule has 0 radical (unpaired) electrons. The van der Waals surface area contributed by atoms with Crippen LogP contribution in [0.2, 0.25) is 0 Å². The second kappa shape index (κ2) is 6.38. The molecule has 0 heterocycles. The fraction of sp³-hybridized carbons (Fsp3) is 0.200. The van der Waals surface area contributed by atoms with Gasteiger partial charge in [-0.3, -0.25) is 0 Å². The lowest BCUT2D eigenvalue weighted by molar-refractivity contribution is 1.43. The van der Waals surface area contributed by atoms with Gasteiger partial charge in [0, 0.05) is 0 Å². The largest absolute Gasteiger partial charge is 0.0683 e. The number of aryl methyl sites for hydroxylation is 2. The van der Waals surface area contributed by atoms with Crippen molar-refractivity contribution < 1.29 is 0 Å². The predicted molar refractivity (Wildman–Crippen MR) is 90.2 cm³/mol. The third kappa shape index (κ3) is 2.60. The molecule has 3 rings (SSSR count). The lowest BCUT2D eigenvalue weighted by Gasteiger charge is -2.13. The molecule has 0 amide bonds. The predicted octanol–water partition coefficient (Wildman–Crippen LogP) is 6.15. The molecular weight excluding hydrogens is 240 g/mol. The van der Waals surface area contributed by atoms with Gasteiger partial charge in [0.1, 0.15) is 0 Å². The first-order valence-corrected chi connectivity index (χ1v) is 7.32. The summed E-state index contributed by atoms with van der Waals surface area (Å²) in [6, 6.07) is 21.6. The maximum Gasteiger partial charge on any atom is -0.00735 e. The van der Waals surface area contributed by atoms with Crippen molar-refractivity contribution in [3.8, 4) is 11.1 Å². The number of hydrogen-bond acceptors (Lipinski definition) is 0. The highest BCUT2D eigenvalue weighted by atomic mass is 14.1.